The zero-order chi connectivity index (χ0) is 13.7. The lowest BCUT2D eigenvalue weighted by atomic mass is 10.1. The topological polar surface area (TPSA) is 39.1 Å². The van der Waals surface area contributed by atoms with Crippen LogP contribution >= 0.6 is 0 Å². The summed E-state index contributed by atoms with van der Waals surface area (Å²) in [6, 6.07) is 4.30. The van der Waals surface area contributed by atoms with Gasteiger partial charge in [-0.3, -0.25) is 0 Å². The van der Waals surface area contributed by atoms with Crippen LogP contribution in [-0.2, 0) is 0 Å². The smallest absolute Gasteiger partial charge is 0.183 e. The molecule has 0 aromatic heterocycles. The summed E-state index contributed by atoms with van der Waals surface area (Å²) < 4.78 is 27.0. The predicted octanol–water partition coefficient (Wildman–Crippen LogP) is 2.59. The highest BCUT2D eigenvalue weighted by atomic mass is 19.2. The van der Waals surface area contributed by atoms with Gasteiger partial charge >= 0.3 is 0 Å². The van der Waals surface area contributed by atoms with E-state index in [9.17, 15) is 8.78 Å². The van der Waals surface area contributed by atoms with Gasteiger partial charge in [0.1, 0.15) is 6.07 Å². The molecule has 0 bridgehead atoms. The first kappa shape index (κ1) is 14.4. The molecule has 3 nitrogen and oxygen atoms in total. The molecule has 98 valence electrons. The minimum atomic E-state index is -1.10. The molecule has 0 radical (unpaired) electrons. The highest BCUT2D eigenvalue weighted by Crippen LogP contribution is 2.21. The molecule has 18 heavy (non-hydrogen) atoms. The molecule has 0 saturated heterocycles. The second-order valence-electron chi connectivity index (χ2n) is 4.54. The molecule has 1 N–H and O–H groups in total. The Morgan fingerprint density at radius 3 is 2.56 bits per heavy atom. The lowest BCUT2D eigenvalue weighted by Gasteiger charge is -2.18. The van der Waals surface area contributed by atoms with Crippen LogP contribution in [0.5, 0.6) is 0 Å². The molecule has 0 aliphatic heterocycles. The Bertz CT molecular complexity index is 452. The van der Waals surface area contributed by atoms with Crippen LogP contribution in [-0.4, -0.2) is 31.6 Å². The Labute approximate surface area is 106 Å². The number of nitriles is 1. The van der Waals surface area contributed by atoms with Crippen molar-refractivity contribution in [2.45, 2.75) is 19.4 Å². The number of hydrogen-bond acceptors (Lipinski definition) is 3. The van der Waals surface area contributed by atoms with Crippen LogP contribution in [0.15, 0.2) is 12.1 Å². The van der Waals surface area contributed by atoms with E-state index in [0.29, 0.717) is 0 Å². The third-order valence-electron chi connectivity index (χ3n) is 2.61. The summed E-state index contributed by atoms with van der Waals surface area (Å²) in [6.45, 7) is 2.76. The van der Waals surface area contributed by atoms with Gasteiger partial charge in [0.15, 0.2) is 11.6 Å². The van der Waals surface area contributed by atoms with E-state index in [4.69, 9.17) is 5.26 Å². The van der Waals surface area contributed by atoms with Crippen LogP contribution in [0.3, 0.4) is 0 Å². The number of benzene rings is 1. The van der Waals surface area contributed by atoms with Crippen LogP contribution in [0.4, 0.5) is 14.5 Å². The number of halogens is 2. The fourth-order valence-corrected chi connectivity index (χ4v) is 1.54. The predicted molar refractivity (Wildman–Crippen MR) is 67.3 cm³/mol. The second kappa shape index (κ2) is 6.31. The fraction of sp³-hybridized carbons (Fsp3) is 0.462. The molecule has 1 atom stereocenters. The molecule has 1 aromatic carbocycles. The van der Waals surface area contributed by atoms with Crippen LogP contribution in [0.1, 0.15) is 18.9 Å². The normalized spacial score (nSPS) is 12.3. The molecule has 1 aromatic rings. The van der Waals surface area contributed by atoms with Gasteiger partial charge in [0, 0.05) is 6.04 Å². The van der Waals surface area contributed by atoms with Crippen molar-refractivity contribution in [1.29, 1.82) is 5.26 Å². The molecule has 0 heterocycles. The van der Waals surface area contributed by atoms with Crippen molar-refractivity contribution < 1.29 is 8.78 Å². The molecule has 0 saturated carbocycles. The number of anilines is 1. The Balaban J connectivity index is 2.74. The average molecular weight is 253 g/mol. The molecule has 0 aliphatic carbocycles. The van der Waals surface area contributed by atoms with E-state index in [1.165, 1.54) is 12.1 Å². The highest BCUT2D eigenvalue weighted by molar-refractivity contribution is 5.50. The first-order valence-electron chi connectivity index (χ1n) is 5.75. The SMILES string of the molecule is CC(CCN(C)C)Nc1ccc(C#N)c(F)c1F. The van der Waals surface area contributed by atoms with E-state index < -0.39 is 11.6 Å². The van der Waals surface area contributed by atoms with E-state index in [2.05, 4.69) is 5.32 Å². The van der Waals surface area contributed by atoms with Gasteiger partial charge in [0.05, 0.1) is 11.3 Å². The Morgan fingerprint density at radius 2 is 2.00 bits per heavy atom. The van der Waals surface area contributed by atoms with E-state index in [1.807, 2.05) is 25.9 Å². The first-order chi connectivity index (χ1) is 8.45. The van der Waals surface area contributed by atoms with Crippen molar-refractivity contribution in [1.82, 2.24) is 4.90 Å². The maximum Gasteiger partial charge on any atom is 0.183 e. The molecule has 0 aliphatic rings. The van der Waals surface area contributed by atoms with Crippen LogP contribution < -0.4 is 5.32 Å². The van der Waals surface area contributed by atoms with E-state index in [-0.39, 0.29) is 17.3 Å². The molecular formula is C13H17F2N3. The van der Waals surface area contributed by atoms with Gasteiger partial charge in [-0.2, -0.15) is 5.26 Å². The van der Waals surface area contributed by atoms with Crippen molar-refractivity contribution in [2.75, 3.05) is 26.0 Å². The monoisotopic (exact) mass is 253 g/mol. The van der Waals surface area contributed by atoms with Crippen molar-refractivity contribution in [3.8, 4) is 6.07 Å². The summed E-state index contributed by atoms with van der Waals surface area (Å²) in [5.74, 6) is -2.09. The lowest BCUT2D eigenvalue weighted by Crippen LogP contribution is -2.23. The molecule has 0 fully saturated rings. The number of rotatable bonds is 5. The molecule has 1 unspecified atom stereocenters. The molecule has 0 amide bonds. The van der Waals surface area contributed by atoms with Crippen LogP contribution in [0.25, 0.3) is 0 Å². The Kier molecular flexibility index (Phi) is 5.05. The zero-order valence-electron chi connectivity index (χ0n) is 10.8. The summed E-state index contributed by atoms with van der Waals surface area (Å²) in [7, 11) is 3.91. The molecule has 0 spiro atoms. The Morgan fingerprint density at radius 1 is 1.33 bits per heavy atom. The second-order valence-corrected chi connectivity index (χ2v) is 4.54. The number of nitrogens with zero attached hydrogens (tertiary/aromatic N) is 2. The summed E-state index contributed by atoms with van der Waals surface area (Å²) in [5.41, 5.74) is -0.184. The van der Waals surface area contributed by atoms with Crippen molar-refractivity contribution in [3.63, 3.8) is 0 Å². The van der Waals surface area contributed by atoms with Gasteiger partial charge < -0.3 is 10.2 Å². The van der Waals surface area contributed by atoms with Crippen molar-refractivity contribution in [3.05, 3.63) is 29.3 Å². The van der Waals surface area contributed by atoms with Crippen molar-refractivity contribution >= 4 is 5.69 Å². The standard InChI is InChI=1S/C13H17F2N3/c1-9(6-7-18(2)3)17-11-5-4-10(8-16)12(14)13(11)15/h4-5,9,17H,6-7H2,1-3H3. The Hall–Kier alpha value is -1.67. The van der Waals surface area contributed by atoms with Gasteiger partial charge in [-0.15, -0.1) is 0 Å². The number of hydrogen-bond donors (Lipinski definition) is 1. The van der Waals surface area contributed by atoms with E-state index in [1.54, 1.807) is 6.07 Å². The van der Waals surface area contributed by atoms with E-state index >= 15 is 0 Å². The minimum absolute atomic E-state index is 0.0224. The van der Waals surface area contributed by atoms with Crippen molar-refractivity contribution in [2.24, 2.45) is 0 Å². The van der Waals surface area contributed by atoms with Gasteiger partial charge in [-0.05, 0) is 46.1 Å². The van der Waals surface area contributed by atoms with Gasteiger partial charge in [0.2, 0.25) is 0 Å². The van der Waals surface area contributed by atoms with Gasteiger partial charge in [-0.25, -0.2) is 8.78 Å². The van der Waals surface area contributed by atoms with Crippen LogP contribution in [0.2, 0.25) is 0 Å². The largest absolute Gasteiger partial charge is 0.380 e. The maximum absolute atomic E-state index is 13.6. The van der Waals surface area contributed by atoms with Crippen LogP contribution in [0, 0.1) is 23.0 Å². The molecule has 1 rings (SSSR count). The molecular weight excluding hydrogens is 236 g/mol. The number of nitrogens with one attached hydrogen (secondary N) is 1. The molecule has 5 heteroatoms. The summed E-state index contributed by atoms with van der Waals surface area (Å²) >= 11 is 0. The highest BCUT2D eigenvalue weighted by Gasteiger charge is 2.14. The van der Waals surface area contributed by atoms with Gasteiger partial charge in [0.25, 0.3) is 0 Å². The summed E-state index contributed by atoms with van der Waals surface area (Å²) in [4.78, 5) is 2.02. The lowest BCUT2D eigenvalue weighted by molar-refractivity contribution is 0.390. The maximum atomic E-state index is 13.6. The average Bonchev–Trinajstić information content (AvgIpc) is 2.33. The third-order valence-corrected chi connectivity index (χ3v) is 2.61. The van der Waals surface area contributed by atoms with E-state index in [0.717, 1.165) is 13.0 Å². The zero-order valence-corrected chi connectivity index (χ0v) is 10.8. The first-order valence-corrected chi connectivity index (χ1v) is 5.75. The third kappa shape index (κ3) is 3.67. The summed E-state index contributed by atoms with van der Waals surface area (Å²) in [6.07, 6.45) is 0.814. The summed E-state index contributed by atoms with van der Waals surface area (Å²) in [5, 5.41) is 11.5. The minimum Gasteiger partial charge on any atom is -0.380 e. The fourth-order valence-electron chi connectivity index (χ4n) is 1.54. The van der Waals surface area contributed by atoms with Gasteiger partial charge in [-0.1, -0.05) is 0 Å². The quantitative estimate of drug-likeness (QED) is 0.876.